The molecule has 0 unspecified atom stereocenters. The number of hydrogen-bond donors (Lipinski definition) is 2. The molecule has 2 N–H and O–H groups in total. The molecule has 1 aliphatic rings. The number of amides is 1. The standard InChI is InChI=1S/C17H25N3OS/c1-3-18-17(22)20(2)15-12-8-7-11-14(15)16(21)19-13-9-5-4-6-10-13/h7-8,11-13H,3-6,9-10H2,1-2H3,(H,18,22)(H,19,21). The molecule has 0 aliphatic heterocycles. The molecule has 22 heavy (non-hydrogen) atoms. The predicted molar refractivity (Wildman–Crippen MR) is 95.5 cm³/mol. The number of nitrogens with one attached hydrogen (secondary N) is 2. The van der Waals surface area contributed by atoms with Crippen molar-refractivity contribution in [1.29, 1.82) is 0 Å². The average molecular weight is 319 g/mol. The van der Waals surface area contributed by atoms with Gasteiger partial charge in [-0.15, -0.1) is 0 Å². The second kappa shape index (κ2) is 8.13. The molecule has 0 heterocycles. The van der Waals surface area contributed by atoms with Crippen LogP contribution >= 0.6 is 12.2 Å². The van der Waals surface area contributed by atoms with Crippen LogP contribution in [0.1, 0.15) is 49.4 Å². The minimum atomic E-state index is -0.00588. The van der Waals surface area contributed by atoms with Crippen LogP contribution in [0.5, 0.6) is 0 Å². The Bertz CT molecular complexity index is 526. The summed E-state index contributed by atoms with van der Waals surface area (Å²) < 4.78 is 0. The van der Waals surface area contributed by atoms with Crippen LogP contribution < -0.4 is 15.5 Å². The molecule has 1 saturated carbocycles. The van der Waals surface area contributed by atoms with E-state index in [4.69, 9.17) is 12.2 Å². The fourth-order valence-corrected chi connectivity index (χ4v) is 3.09. The van der Waals surface area contributed by atoms with Crippen LogP contribution in [-0.2, 0) is 0 Å². The number of nitrogens with zero attached hydrogens (tertiary/aromatic N) is 1. The van der Waals surface area contributed by atoms with E-state index in [-0.39, 0.29) is 5.91 Å². The predicted octanol–water partition coefficient (Wildman–Crippen LogP) is 3.08. The lowest BCUT2D eigenvalue weighted by Gasteiger charge is -2.26. The fraction of sp³-hybridized carbons (Fsp3) is 0.529. The summed E-state index contributed by atoms with van der Waals surface area (Å²) in [7, 11) is 1.89. The van der Waals surface area contributed by atoms with Crippen molar-refractivity contribution in [2.75, 3.05) is 18.5 Å². The van der Waals surface area contributed by atoms with Crippen LogP contribution in [0.2, 0.25) is 0 Å². The maximum atomic E-state index is 12.6. The number of anilines is 1. The van der Waals surface area contributed by atoms with Crippen LogP contribution in [0.15, 0.2) is 24.3 Å². The van der Waals surface area contributed by atoms with E-state index in [1.807, 2.05) is 43.1 Å². The number of hydrogen-bond acceptors (Lipinski definition) is 2. The third-order valence-corrected chi connectivity index (χ3v) is 4.50. The van der Waals surface area contributed by atoms with Crippen molar-refractivity contribution in [2.24, 2.45) is 0 Å². The molecule has 1 fully saturated rings. The number of rotatable bonds is 4. The van der Waals surface area contributed by atoms with Gasteiger partial charge in [0.2, 0.25) is 0 Å². The lowest BCUT2D eigenvalue weighted by Crippen LogP contribution is -2.40. The summed E-state index contributed by atoms with van der Waals surface area (Å²) in [5, 5.41) is 6.91. The molecular weight excluding hydrogens is 294 g/mol. The Morgan fingerprint density at radius 2 is 1.95 bits per heavy atom. The first-order valence-electron chi connectivity index (χ1n) is 8.05. The number of para-hydroxylation sites is 1. The maximum absolute atomic E-state index is 12.6. The Hall–Kier alpha value is -1.62. The van der Waals surface area contributed by atoms with Crippen molar-refractivity contribution in [3.8, 4) is 0 Å². The van der Waals surface area contributed by atoms with Crippen LogP contribution in [0.25, 0.3) is 0 Å². The molecule has 1 aliphatic carbocycles. The van der Waals surface area contributed by atoms with Crippen LogP contribution in [0, 0.1) is 0 Å². The van der Waals surface area contributed by atoms with Crippen LogP contribution in [-0.4, -0.2) is 30.7 Å². The summed E-state index contributed by atoms with van der Waals surface area (Å²) in [6, 6.07) is 7.92. The minimum absolute atomic E-state index is 0.00588. The van der Waals surface area contributed by atoms with Gasteiger partial charge in [0, 0.05) is 19.6 Å². The van der Waals surface area contributed by atoms with Crippen molar-refractivity contribution < 1.29 is 4.79 Å². The van der Waals surface area contributed by atoms with Crippen molar-refractivity contribution >= 4 is 28.9 Å². The zero-order valence-electron chi connectivity index (χ0n) is 13.4. The molecule has 1 aromatic carbocycles. The van der Waals surface area contributed by atoms with Crippen LogP contribution in [0.4, 0.5) is 5.69 Å². The first kappa shape index (κ1) is 16.7. The molecular formula is C17H25N3OS. The van der Waals surface area contributed by atoms with Crippen molar-refractivity contribution in [3.05, 3.63) is 29.8 Å². The van der Waals surface area contributed by atoms with E-state index in [2.05, 4.69) is 10.6 Å². The van der Waals surface area contributed by atoms with Gasteiger partial charge in [0.15, 0.2) is 5.11 Å². The largest absolute Gasteiger partial charge is 0.363 e. The van der Waals surface area contributed by atoms with E-state index >= 15 is 0 Å². The maximum Gasteiger partial charge on any atom is 0.253 e. The highest BCUT2D eigenvalue weighted by atomic mass is 32.1. The third-order valence-electron chi connectivity index (χ3n) is 4.08. The fourth-order valence-electron chi connectivity index (χ4n) is 2.85. The van der Waals surface area contributed by atoms with E-state index in [0.29, 0.717) is 16.7 Å². The van der Waals surface area contributed by atoms with Gasteiger partial charge in [-0.05, 0) is 44.1 Å². The second-order valence-electron chi connectivity index (χ2n) is 5.72. The zero-order valence-corrected chi connectivity index (χ0v) is 14.2. The SMILES string of the molecule is CCNC(=S)N(C)c1ccccc1C(=O)NC1CCCCC1. The monoisotopic (exact) mass is 319 g/mol. The Balaban J connectivity index is 2.12. The number of benzene rings is 1. The van der Waals surface area contributed by atoms with Gasteiger partial charge in [0.1, 0.15) is 0 Å². The molecule has 0 spiro atoms. The van der Waals surface area contributed by atoms with Gasteiger partial charge in [-0.2, -0.15) is 0 Å². The van der Waals surface area contributed by atoms with E-state index in [1.54, 1.807) is 0 Å². The summed E-state index contributed by atoms with van der Waals surface area (Å²) in [6.45, 7) is 2.77. The van der Waals surface area contributed by atoms with E-state index in [0.717, 1.165) is 25.1 Å². The number of thiocarbonyl (C=S) groups is 1. The molecule has 0 atom stereocenters. The quantitative estimate of drug-likeness (QED) is 0.837. The summed E-state index contributed by atoms with van der Waals surface area (Å²) in [5.41, 5.74) is 1.51. The molecule has 1 aromatic rings. The van der Waals surface area contributed by atoms with Crippen molar-refractivity contribution in [3.63, 3.8) is 0 Å². The smallest absolute Gasteiger partial charge is 0.253 e. The Labute approximate surface area is 138 Å². The Morgan fingerprint density at radius 3 is 2.64 bits per heavy atom. The molecule has 0 bridgehead atoms. The van der Waals surface area contributed by atoms with Gasteiger partial charge in [-0.1, -0.05) is 31.4 Å². The molecule has 2 rings (SSSR count). The zero-order chi connectivity index (χ0) is 15.9. The first-order chi connectivity index (χ1) is 10.6. The highest BCUT2D eigenvalue weighted by Crippen LogP contribution is 2.22. The lowest BCUT2D eigenvalue weighted by atomic mass is 9.95. The van der Waals surface area contributed by atoms with Gasteiger partial charge in [0.25, 0.3) is 5.91 Å². The normalized spacial score (nSPS) is 15.2. The average Bonchev–Trinajstić information content (AvgIpc) is 2.55. The Kier molecular flexibility index (Phi) is 6.19. The lowest BCUT2D eigenvalue weighted by molar-refractivity contribution is 0.0928. The highest BCUT2D eigenvalue weighted by Gasteiger charge is 2.20. The molecule has 0 saturated heterocycles. The number of carbonyl (C=O) groups is 1. The number of carbonyl (C=O) groups excluding carboxylic acids is 1. The van der Waals surface area contributed by atoms with Gasteiger partial charge < -0.3 is 15.5 Å². The molecule has 1 amide bonds. The summed E-state index contributed by atoms with van der Waals surface area (Å²) in [6.07, 6.45) is 5.86. The van der Waals surface area contributed by atoms with E-state index < -0.39 is 0 Å². The first-order valence-corrected chi connectivity index (χ1v) is 8.45. The van der Waals surface area contributed by atoms with Gasteiger partial charge in [-0.3, -0.25) is 4.79 Å². The van der Waals surface area contributed by atoms with E-state index in [9.17, 15) is 4.79 Å². The second-order valence-corrected chi connectivity index (χ2v) is 6.11. The Morgan fingerprint density at radius 1 is 1.27 bits per heavy atom. The van der Waals surface area contributed by atoms with Crippen molar-refractivity contribution in [2.45, 2.75) is 45.1 Å². The van der Waals surface area contributed by atoms with Gasteiger partial charge >= 0.3 is 0 Å². The van der Waals surface area contributed by atoms with Crippen molar-refractivity contribution in [1.82, 2.24) is 10.6 Å². The molecule has 5 heteroatoms. The third kappa shape index (κ3) is 4.19. The van der Waals surface area contributed by atoms with Crippen LogP contribution in [0.3, 0.4) is 0 Å². The summed E-state index contributed by atoms with van der Waals surface area (Å²) in [5.74, 6) is -0.00588. The summed E-state index contributed by atoms with van der Waals surface area (Å²) in [4.78, 5) is 14.5. The highest BCUT2D eigenvalue weighted by molar-refractivity contribution is 7.80. The molecule has 4 nitrogen and oxygen atoms in total. The van der Waals surface area contributed by atoms with Gasteiger partial charge in [0.05, 0.1) is 11.3 Å². The van der Waals surface area contributed by atoms with Gasteiger partial charge in [-0.25, -0.2) is 0 Å². The summed E-state index contributed by atoms with van der Waals surface area (Å²) >= 11 is 5.35. The topological polar surface area (TPSA) is 44.4 Å². The molecule has 0 aromatic heterocycles. The van der Waals surface area contributed by atoms with E-state index in [1.165, 1.54) is 19.3 Å². The molecule has 0 radical (unpaired) electrons. The molecule has 120 valence electrons. The minimum Gasteiger partial charge on any atom is -0.363 e.